The average molecular weight is 211 g/mol. The number of rotatable bonds is 1. The molecule has 0 aliphatic rings. The molecule has 0 aliphatic carbocycles. The van der Waals surface area contributed by atoms with Gasteiger partial charge in [0.1, 0.15) is 0 Å². The monoisotopic (exact) mass is 211 g/mol. The number of esters is 1. The first-order chi connectivity index (χ1) is 7.77. The van der Waals surface area contributed by atoms with Crippen molar-refractivity contribution in [2.24, 2.45) is 0 Å². The van der Waals surface area contributed by atoms with Crippen molar-refractivity contribution in [2.45, 2.75) is 0 Å². The summed E-state index contributed by atoms with van der Waals surface area (Å²) < 4.78 is 4.70. The van der Waals surface area contributed by atoms with Gasteiger partial charge in [0.2, 0.25) is 0 Å². The van der Waals surface area contributed by atoms with Crippen molar-refractivity contribution >= 4 is 22.4 Å². The third kappa shape index (κ3) is 1.51. The predicted octanol–water partition coefficient (Wildman–Crippen LogP) is 3.18. The summed E-state index contributed by atoms with van der Waals surface area (Å²) >= 11 is 0. The Balaban J connectivity index is 2.81. The minimum absolute atomic E-state index is 0.382. The molecule has 0 aromatic heterocycles. The van der Waals surface area contributed by atoms with Gasteiger partial charge >= 0.3 is 5.97 Å². The van der Waals surface area contributed by atoms with E-state index < -0.39 is 0 Å². The molecule has 0 spiro atoms. The van der Waals surface area contributed by atoms with E-state index in [1.807, 2.05) is 24.3 Å². The zero-order valence-electron chi connectivity index (χ0n) is 8.73. The van der Waals surface area contributed by atoms with Gasteiger partial charge in [0.05, 0.1) is 19.2 Å². The molecule has 0 heterocycles. The molecule has 0 N–H and O–H groups in total. The summed E-state index contributed by atoms with van der Waals surface area (Å²) in [6.07, 6.45) is 0. The third-order valence-electron chi connectivity index (χ3n) is 2.43. The topological polar surface area (TPSA) is 30.7 Å². The van der Waals surface area contributed by atoms with E-state index in [-0.39, 0.29) is 5.97 Å². The average Bonchev–Trinajstić information content (AvgIpc) is 2.36. The minimum atomic E-state index is -0.382. The lowest BCUT2D eigenvalue weighted by molar-refractivity contribution is 0.0603. The van der Waals surface area contributed by atoms with Crippen LogP contribution in [0.25, 0.3) is 15.6 Å². The second-order valence-electron chi connectivity index (χ2n) is 3.28. The normalized spacial score (nSPS) is 9.75. The van der Waals surface area contributed by atoms with Gasteiger partial charge in [-0.05, 0) is 10.8 Å². The van der Waals surface area contributed by atoms with Crippen LogP contribution in [0.3, 0.4) is 0 Å². The van der Waals surface area contributed by atoms with Crippen molar-refractivity contribution in [1.82, 2.24) is 0 Å². The Morgan fingerprint density at radius 1 is 1.19 bits per heavy atom. The summed E-state index contributed by atoms with van der Waals surface area (Å²) in [7, 11) is 1.35. The first-order valence-corrected chi connectivity index (χ1v) is 4.75. The molecule has 0 unspecified atom stereocenters. The van der Waals surface area contributed by atoms with E-state index in [0.717, 1.165) is 10.8 Å². The van der Waals surface area contributed by atoms with Gasteiger partial charge in [-0.1, -0.05) is 36.4 Å². The number of carbonyl (C=O) groups excluding carboxylic acids is 1. The lowest BCUT2D eigenvalue weighted by Gasteiger charge is -2.05. The van der Waals surface area contributed by atoms with E-state index in [1.165, 1.54) is 7.11 Å². The van der Waals surface area contributed by atoms with Gasteiger partial charge in [0.15, 0.2) is 5.69 Å². The van der Waals surface area contributed by atoms with Gasteiger partial charge in [0.25, 0.3) is 0 Å². The van der Waals surface area contributed by atoms with Crippen LogP contribution in [0.1, 0.15) is 10.4 Å². The molecule has 16 heavy (non-hydrogen) atoms. The van der Waals surface area contributed by atoms with Crippen LogP contribution in [0, 0.1) is 6.57 Å². The Kier molecular flexibility index (Phi) is 2.57. The smallest absolute Gasteiger partial charge is 0.338 e. The highest BCUT2D eigenvalue weighted by Crippen LogP contribution is 2.28. The molecule has 0 radical (unpaired) electrons. The molecule has 78 valence electrons. The molecular weight excluding hydrogens is 202 g/mol. The van der Waals surface area contributed by atoms with Crippen LogP contribution in [0.5, 0.6) is 0 Å². The van der Waals surface area contributed by atoms with Crippen LogP contribution < -0.4 is 0 Å². The molecule has 2 aromatic carbocycles. The lowest BCUT2D eigenvalue weighted by atomic mass is 10.0. The van der Waals surface area contributed by atoms with Gasteiger partial charge in [-0.25, -0.2) is 9.64 Å². The van der Waals surface area contributed by atoms with Crippen molar-refractivity contribution in [3.63, 3.8) is 0 Å². The van der Waals surface area contributed by atoms with E-state index in [1.54, 1.807) is 12.1 Å². The van der Waals surface area contributed by atoms with Gasteiger partial charge < -0.3 is 4.74 Å². The SMILES string of the molecule is [C-]#[N+]c1ccc(C(=O)OC)c2ccccc12. The Labute approximate surface area is 93.1 Å². The molecule has 0 atom stereocenters. The summed E-state index contributed by atoms with van der Waals surface area (Å²) in [4.78, 5) is 15.0. The number of hydrogen-bond acceptors (Lipinski definition) is 2. The molecule has 3 nitrogen and oxygen atoms in total. The van der Waals surface area contributed by atoms with Crippen LogP contribution in [-0.2, 0) is 4.74 Å². The predicted molar refractivity (Wildman–Crippen MR) is 61.5 cm³/mol. The Bertz CT molecular complexity index is 596. The molecule has 0 aliphatic heterocycles. The van der Waals surface area contributed by atoms with Crippen LogP contribution >= 0.6 is 0 Å². The Hall–Kier alpha value is -2.34. The van der Waals surface area contributed by atoms with Crippen LogP contribution in [0.15, 0.2) is 36.4 Å². The second-order valence-corrected chi connectivity index (χ2v) is 3.28. The molecular formula is C13H9NO2. The summed E-state index contributed by atoms with van der Waals surface area (Å²) in [5, 5.41) is 1.53. The second kappa shape index (κ2) is 4.03. The van der Waals surface area contributed by atoms with Crippen molar-refractivity contribution in [1.29, 1.82) is 0 Å². The number of carbonyl (C=O) groups is 1. The van der Waals surface area contributed by atoms with E-state index in [9.17, 15) is 4.79 Å². The fraction of sp³-hybridized carbons (Fsp3) is 0.0769. The standard InChI is InChI=1S/C13H9NO2/c1-14-12-8-7-11(13(15)16-2)9-5-3-4-6-10(9)12/h3-8H,2H3. The molecule has 0 bridgehead atoms. The zero-order valence-corrected chi connectivity index (χ0v) is 8.73. The lowest BCUT2D eigenvalue weighted by Crippen LogP contribution is -2.01. The van der Waals surface area contributed by atoms with Crippen molar-refractivity contribution in [2.75, 3.05) is 7.11 Å². The largest absolute Gasteiger partial charge is 0.465 e. The first-order valence-electron chi connectivity index (χ1n) is 4.75. The van der Waals surface area contributed by atoms with Crippen molar-refractivity contribution in [3.8, 4) is 0 Å². The molecule has 2 aromatic rings. The van der Waals surface area contributed by atoms with Crippen LogP contribution in [0.2, 0.25) is 0 Å². The maximum absolute atomic E-state index is 11.5. The van der Waals surface area contributed by atoms with Gasteiger partial charge in [0, 0.05) is 0 Å². The van der Waals surface area contributed by atoms with Gasteiger partial charge in [-0.2, -0.15) is 0 Å². The highest BCUT2D eigenvalue weighted by atomic mass is 16.5. The molecule has 0 fully saturated rings. The number of fused-ring (bicyclic) bond motifs is 1. The van der Waals surface area contributed by atoms with E-state index >= 15 is 0 Å². The number of ether oxygens (including phenoxy) is 1. The van der Waals surface area contributed by atoms with E-state index in [0.29, 0.717) is 11.3 Å². The van der Waals surface area contributed by atoms with Gasteiger partial charge in [-0.15, -0.1) is 0 Å². The Morgan fingerprint density at radius 3 is 2.50 bits per heavy atom. The molecule has 0 saturated carbocycles. The maximum atomic E-state index is 11.5. The van der Waals surface area contributed by atoms with Crippen LogP contribution in [0.4, 0.5) is 5.69 Å². The zero-order chi connectivity index (χ0) is 11.5. The molecule has 3 heteroatoms. The summed E-state index contributed by atoms with van der Waals surface area (Å²) in [5.41, 5.74) is 1.04. The van der Waals surface area contributed by atoms with Crippen molar-refractivity contribution < 1.29 is 9.53 Å². The fourth-order valence-electron chi connectivity index (χ4n) is 1.67. The molecule has 0 saturated heterocycles. The number of nitrogens with zero attached hydrogens (tertiary/aromatic N) is 1. The molecule has 2 rings (SSSR count). The minimum Gasteiger partial charge on any atom is -0.465 e. The van der Waals surface area contributed by atoms with E-state index in [2.05, 4.69) is 4.85 Å². The number of hydrogen-bond donors (Lipinski definition) is 0. The third-order valence-corrected chi connectivity index (χ3v) is 2.43. The highest BCUT2D eigenvalue weighted by Gasteiger charge is 2.11. The fourth-order valence-corrected chi connectivity index (χ4v) is 1.67. The highest BCUT2D eigenvalue weighted by molar-refractivity contribution is 6.08. The summed E-state index contributed by atoms with van der Waals surface area (Å²) in [6, 6.07) is 10.6. The number of benzene rings is 2. The van der Waals surface area contributed by atoms with Crippen LogP contribution in [-0.4, -0.2) is 13.1 Å². The van der Waals surface area contributed by atoms with Gasteiger partial charge in [-0.3, -0.25) is 0 Å². The number of methoxy groups -OCH3 is 1. The summed E-state index contributed by atoms with van der Waals surface area (Å²) in [5.74, 6) is -0.382. The first kappa shape index (κ1) is 10.2. The van der Waals surface area contributed by atoms with Crippen molar-refractivity contribution in [3.05, 3.63) is 53.4 Å². The van der Waals surface area contributed by atoms with E-state index in [4.69, 9.17) is 11.3 Å². The Morgan fingerprint density at radius 2 is 1.88 bits per heavy atom. The molecule has 0 amide bonds. The summed E-state index contributed by atoms with van der Waals surface area (Å²) in [6.45, 7) is 7.06. The maximum Gasteiger partial charge on any atom is 0.338 e. The quantitative estimate of drug-likeness (QED) is 0.535.